The van der Waals surface area contributed by atoms with Crippen molar-refractivity contribution >= 4 is 12.0 Å². The quantitative estimate of drug-likeness (QED) is 0.278. The smallest absolute Gasteiger partial charge is 0.407 e. The van der Waals surface area contributed by atoms with E-state index < -0.39 is 35.6 Å². The summed E-state index contributed by atoms with van der Waals surface area (Å²) in [5.41, 5.74) is 12.4. The number of nitrogens with one attached hydrogen (secondary N) is 2. The van der Waals surface area contributed by atoms with Crippen LogP contribution in [0.2, 0.25) is 0 Å². The highest BCUT2D eigenvalue weighted by molar-refractivity contribution is 5.86. The molecule has 0 fully saturated rings. The SMILES string of the molecule is COC(=O)NC(C(=O)NN(Cc1ccc(-c2ccccn2)cc1)C[C@H](O)[C@@H](N)Cc1ccccc1)C(C)(C)C. The molecule has 3 aromatic rings. The summed E-state index contributed by atoms with van der Waals surface area (Å²) in [5.74, 6) is -0.429. The third kappa shape index (κ3) is 9.17. The van der Waals surface area contributed by atoms with Crippen LogP contribution < -0.4 is 16.5 Å². The Morgan fingerprint density at radius 1 is 1.00 bits per heavy atom. The molecule has 0 spiro atoms. The van der Waals surface area contributed by atoms with Gasteiger partial charge in [0.15, 0.2) is 0 Å². The molecule has 0 saturated heterocycles. The van der Waals surface area contributed by atoms with Crippen molar-refractivity contribution in [3.05, 3.63) is 90.1 Å². The monoisotopic (exact) mass is 533 g/mol. The molecule has 0 aliphatic rings. The highest BCUT2D eigenvalue weighted by Crippen LogP contribution is 2.21. The fourth-order valence-electron chi connectivity index (χ4n) is 4.14. The number of nitrogens with zero attached hydrogens (tertiary/aromatic N) is 2. The van der Waals surface area contributed by atoms with Crippen molar-refractivity contribution in [3.63, 3.8) is 0 Å². The molecule has 1 unspecified atom stereocenters. The fraction of sp³-hybridized carbons (Fsp3) is 0.367. The molecule has 5 N–H and O–H groups in total. The highest BCUT2D eigenvalue weighted by Gasteiger charge is 2.34. The van der Waals surface area contributed by atoms with Crippen molar-refractivity contribution in [2.24, 2.45) is 11.1 Å². The van der Waals surface area contributed by atoms with Gasteiger partial charge in [0.1, 0.15) is 6.04 Å². The van der Waals surface area contributed by atoms with Gasteiger partial charge in [0.2, 0.25) is 0 Å². The van der Waals surface area contributed by atoms with E-state index in [1.54, 1.807) is 11.2 Å². The van der Waals surface area contributed by atoms with Crippen molar-refractivity contribution in [2.45, 2.75) is 51.9 Å². The van der Waals surface area contributed by atoms with E-state index in [4.69, 9.17) is 10.5 Å². The molecular weight excluding hydrogens is 494 g/mol. The highest BCUT2D eigenvalue weighted by atomic mass is 16.5. The molecule has 208 valence electrons. The van der Waals surface area contributed by atoms with Gasteiger partial charge in [-0.05, 0) is 35.1 Å². The Kier molecular flexibility index (Phi) is 10.6. The molecule has 1 aromatic heterocycles. The normalized spacial score (nSPS) is 13.8. The van der Waals surface area contributed by atoms with E-state index in [2.05, 4.69) is 15.7 Å². The van der Waals surface area contributed by atoms with Gasteiger partial charge in [0.25, 0.3) is 5.91 Å². The summed E-state index contributed by atoms with van der Waals surface area (Å²) >= 11 is 0. The molecule has 0 radical (unpaired) electrons. The zero-order valence-corrected chi connectivity index (χ0v) is 23.0. The van der Waals surface area contributed by atoms with Crippen LogP contribution in [-0.2, 0) is 22.5 Å². The van der Waals surface area contributed by atoms with E-state index in [9.17, 15) is 14.7 Å². The van der Waals surface area contributed by atoms with Crippen LogP contribution in [0.15, 0.2) is 79.0 Å². The summed E-state index contributed by atoms with van der Waals surface area (Å²) in [6, 6.07) is 21.8. The first kappa shape index (κ1) is 29.8. The first-order chi connectivity index (χ1) is 18.6. The van der Waals surface area contributed by atoms with Crippen LogP contribution in [0.5, 0.6) is 0 Å². The molecule has 0 bridgehead atoms. The first-order valence-electron chi connectivity index (χ1n) is 12.9. The second-order valence-electron chi connectivity index (χ2n) is 10.6. The Labute approximate surface area is 230 Å². The van der Waals surface area contributed by atoms with Crippen LogP contribution in [0.3, 0.4) is 0 Å². The number of hydrogen-bond donors (Lipinski definition) is 4. The number of amides is 2. The second-order valence-corrected chi connectivity index (χ2v) is 10.6. The number of carbonyl (C=O) groups excluding carboxylic acids is 2. The Morgan fingerprint density at radius 3 is 2.26 bits per heavy atom. The van der Waals surface area contributed by atoms with Gasteiger partial charge in [0, 0.05) is 30.9 Å². The van der Waals surface area contributed by atoms with Crippen LogP contribution >= 0.6 is 0 Å². The summed E-state index contributed by atoms with van der Waals surface area (Å²) in [6.07, 6.45) is 0.595. The van der Waals surface area contributed by atoms with Gasteiger partial charge in [-0.15, -0.1) is 0 Å². The molecule has 1 heterocycles. The third-order valence-corrected chi connectivity index (χ3v) is 6.35. The fourth-order valence-corrected chi connectivity index (χ4v) is 4.14. The van der Waals surface area contributed by atoms with Crippen LogP contribution in [0.25, 0.3) is 11.3 Å². The number of benzene rings is 2. The van der Waals surface area contributed by atoms with Crippen LogP contribution in [0.1, 0.15) is 31.9 Å². The number of aromatic nitrogens is 1. The van der Waals surface area contributed by atoms with Crippen LogP contribution in [0, 0.1) is 5.41 Å². The minimum absolute atomic E-state index is 0.0802. The molecule has 9 nitrogen and oxygen atoms in total. The van der Waals surface area contributed by atoms with E-state index in [-0.39, 0.29) is 6.54 Å². The van der Waals surface area contributed by atoms with Gasteiger partial charge in [0.05, 0.1) is 18.9 Å². The summed E-state index contributed by atoms with van der Waals surface area (Å²) in [7, 11) is 1.25. The zero-order chi connectivity index (χ0) is 28.4. The summed E-state index contributed by atoms with van der Waals surface area (Å²) in [4.78, 5) is 29.7. The number of rotatable bonds is 11. The molecule has 9 heteroatoms. The number of nitrogens with two attached hydrogens (primary N) is 1. The lowest BCUT2D eigenvalue weighted by Crippen LogP contribution is -2.58. The number of pyridine rings is 1. The number of aliphatic hydroxyl groups excluding tert-OH is 1. The van der Waals surface area contributed by atoms with Crippen molar-refractivity contribution in [1.29, 1.82) is 0 Å². The van der Waals surface area contributed by atoms with E-state index in [1.165, 1.54) is 7.11 Å². The predicted octanol–water partition coefficient (Wildman–Crippen LogP) is 3.28. The van der Waals surface area contributed by atoms with Crippen LogP contribution in [-0.4, -0.2) is 58.9 Å². The lowest BCUT2D eigenvalue weighted by atomic mass is 9.86. The molecule has 39 heavy (non-hydrogen) atoms. The average Bonchev–Trinajstić information content (AvgIpc) is 2.92. The predicted molar refractivity (Wildman–Crippen MR) is 151 cm³/mol. The van der Waals surface area contributed by atoms with E-state index in [0.717, 1.165) is 22.4 Å². The molecule has 0 aliphatic carbocycles. The van der Waals surface area contributed by atoms with E-state index in [0.29, 0.717) is 13.0 Å². The number of alkyl carbamates (subject to hydrolysis) is 1. The van der Waals surface area contributed by atoms with Gasteiger partial charge >= 0.3 is 6.09 Å². The Balaban J connectivity index is 1.78. The number of aliphatic hydroxyl groups is 1. The number of hydrogen-bond acceptors (Lipinski definition) is 7. The maximum Gasteiger partial charge on any atom is 0.407 e. The molecule has 2 amide bonds. The molecule has 0 aliphatic heterocycles. The summed E-state index contributed by atoms with van der Waals surface area (Å²) in [6.45, 7) is 5.92. The third-order valence-electron chi connectivity index (χ3n) is 6.35. The lowest BCUT2D eigenvalue weighted by molar-refractivity contribution is -0.131. The maximum atomic E-state index is 13.4. The Morgan fingerprint density at radius 2 is 1.67 bits per heavy atom. The van der Waals surface area contributed by atoms with Crippen molar-refractivity contribution < 1.29 is 19.4 Å². The van der Waals surface area contributed by atoms with Gasteiger partial charge in [-0.25, -0.2) is 9.80 Å². The molecule has 3 atom stereocenters. The number of ether oxygens (including phenoxy) is 1. The molecule has 0 saturated carbocycles. The number of carbonyl (C=O) groups is 2. The average molecular weight is 534 g/mol. The number of methoxy groups -OCH3 is 1. The summed E-state index contributed by atoms with van der Waals surface area (Å²) < 4.78 is 4.72. The molecule has 2 aromatic carbocycles. The van der Waals surface area contributed by atoms with Gasteiger partial charge in [-0.3, -0.25) is 15.2 Å². The largest absolute Gasteiger partial charge is 0.453 e. The van der Waals surface area contributed by atoms with E-state index >= 15 is 0 Å². The maximum absolute atomic E-state index is 13.4. The number of hydrazine groups is 1. The Hall–Kier alpha value is -3.79. The van der Waals surface area contributed by atoms with Gasteiger partial charge in [-0.1, -0.05) is 81.4 Å². The van der Waals surface area contributed by atoms with Crippen molar-refractivity contribution in [1.82, 2.24) is 20.7 Å². The van der Waals surface area contributed by atoms with E-state index in [1.807, 2.05) is 93.6 Å². The van der Waals surface area contributed by atoms with Gasteiger partial charge < -0.3 is 20.9 Å². The van der Waals surface area contributed by atoms with Crippen LogP contribution in [0.4, 0.5) is 4.79 Å². The second kappa shape index (κ2) is 13.8. The van der Waals surface area contributed by atoms with Crippen molar-refractivity contribution in [2.75, 3.05) is 13.7 Å². The Bertz CT molecular complexity index is 1180. The first-order valence-corrected chi connectivity index (χ1v) is 12.9. The standard InChI is InChI=1S/C30H39N5O4/c1-30(2,3)27(33-29(38)39-4)28(37)34-35(20-26(36)24(31)18-21-10-6-5-7-11-21)19-22-13-15-23(16-14-22)25-12-8-9-17-32-25/h5-17,24,26-27,36H,18-20,31H2,1-4H3,(H,33,38)(H,34,37)/t24-,26-,27?/m0/s1. The topological polar surface area (TPSA) is 130 Å². The lowest BCUT2D eigenvalue weighted by Gasteiger charge is -2.34. The minimum Gasteiger partial charge on any atom is -0.453 e. The zero-order valence-electron chi connectivity index (χ0n) is 23.0. The summed E-state index contributed by atoms with van der Waals surface area (Å²) in [5, 5.41) is 15.2. The molecule has 3 rings (SSSR count). The minimum atomic E-state index is -0.931. The van der Waals surface area contributed by atoms with Gasteiger partial charge in [-0.2, -0.15) is 0 Å². The van der Waals surface area contributed by atoms with Crippen molar-refractivity contribution in [3.8, 4) is 11.3 Å². The molecular formula is C30H39N5O4.